The van der Waals surface area contributed by atoms with Crippen LogP contribution in [-0.4, -0.2) is 41.1 Å². The van der Waals surface area contributed by atoms with E-state index in [9.17, 15) is 14.4 Å². The van der Waals surface area contributed by atoms with Gasteiger partial charge in [0.25, 0.3) is 0 Å². The average molecular weight is 604 g/mol. The molecule has 6 heteroatoms. The van der Waals surface area contributed by atoms with E-state index in [4.69, 9.17) is 5.73 Å². The summed E-state index contributed by atoms with van der Waals surface area (Å²) < 4.78 is 0. The van der Waals surface area contributed by atoms with Crippen LogP contribution in [0, 0.1) is 11.8 Å². The van der Waals surface area contributed by atoms with Gasteiger partial charge in [-0.3, -0.25) is 14.4 Å². The normalized spacial score (nSPS) is 13.7. The first kappa shape index (κ1) is 33.3. The number of benzene rings is 4. The van der Waals surface area contributed by atoms with Crippen molar-refractivity contribution in [1.29, 1.82) is 0 Å². The van der Waals surface area contributed by atoms with Crippen molar-refractivity contribution in [3.63, 3.8) is 0 Å². The number of hydrogen-bond acceptors (Lipinski definition) is 4. The van der Waals surface area contributed by atoms with E-state index in [0.717, 1.165) is 27.5 Å². The number of amides is 2. The van der Waals surface area contributed by atoms with Crippen molar-refractivity contribution in [1.82, 2.24) is 10.2 Å². The maximum absolute atomic E-state index is 14.5. The second-order valence-corrected chi connectivity index (χ2v) is 12.6. The van der Waals surface area contributed by atoms with E-state index in [0.29, 0.717) is 25.8 Å². The number of nitrogens with one attached hydrogen (secondary N) is 1. The van der Waals surface area contributed by atoms with E-state index in [1.165, 1.54) is 4.90 Å². The highest BCUT2D eigenvalue weighted by molar-refractivity contribution is 5.96. The highest BCUT2D eigenvalue weighted by Gasteiger charge is 2.36. The lowest BCUT2D eigenvalue weighted by Gasteiger charge is -2.32. The highest BCUT2D eigenvalue weighted by Crippen LogP contribution is 2.26. The second-order valence-electron chi connectivity index (χ2n) is 12.6. The molecule has 2 amide bonds. The van der Waals surface area contributed by atoms with Gasteiger partial charge in [-0.2, -0.15) is 0 Å². The Labute approximate surface area is 267 Å². The number of allylic oxidation sites excluding steroid dienone is 1. The summed E-state index contributed by atoms with van der Waals surface area (Å²) in [5, 5.41) is 5.21. The molecule has 4 aromatic carbocycles. The van der Waals surface area contributed by atoms with Crippen molar-refractivity contribution in [2.75, 3.05) is 7.05 Å². The number of carbonyl (C=O) groups excluding carboxylic acids is 3. The quantitative estimate of drug-likeness (QED) is 0.166. The van der Waals surface area contributed by atoms with Gasteiger partial charge in [-0.25, -0.2) is 0 Å². The van der Waals surface area contributed by atoms with Crippen molar-refractivity contribution in [3.05, 3.63) is 132 Å². The Kier molecular flexibility index (Phi) is 11.4. The van der Waals surface area contributed by atoms with Gasteiger partial charge in [-0.15, -0.1) is 0 Å². The molecular formula is C39H45N3O3. The molecule has 0 bridgehead atoms. The predicted molar refractivity (Wildman–Crippen MR) is 182 cm³/mol. The van der Waals surface area contributed by atoms with Gasteiger partial charge in [0.2, 0.25) is 11.8 Å². The predicted octanol–water partition coefficient (Wildman–Crippen LogP) is 6.27. The van der Waals surface area contributed by atoms with Gasteiger partial charge in [0, 0.05) is 31.5 Å². The third kappa shape index (κ3) is 9.72. The van der Waals surface area contributed by atoms with Gasteiger partial charge in [0.15, 0.2) is 5.78 Å². The molecule has 6 nitrogen and oxygen atoms in total. The number of fused-ring (bicyclic) bond motifs is 1. The fourth-order valence-electron chi connectivity index (χ4n) is 5.49. The van der Waals surface area contributed by atoms with Crippen molar-refractivity contribution in [2.24, 2.45) is 17.6 Å². The molecule has 4 rings (SSSR count). The topological polar surface area (TPSA) is 92.5 Å². The molecule has 0 saturated heterocycles. The minimum absolute atomic E-state index is 0.139. The molecule has 1 unspecified atom stereocenters. The molecule has 3 N–H and O–H groups in total. The number of rotatable bonds is 14. The van der Waals surface area contributed by atoms with Gasteiger partial charge >= 0.3 is 0 Å². The summed E-state index contributed by atoms with van der Waals surface area (Å²) in [6.07, 6.45) is 4.58. The van der Waals surface area contributed by atoms with Crippen LogP contribution in [0.4, 0.5) is 0 Å². The Hall–Kier alpha value is -4.55. The largest absolute Gasteiger partial charge is 0.350 e. The zero-order valence-corrected chi connectivity index (χ0v) is 26.8. The van der Waals surface area contributed by atoms with E-state index >= 15 is 0 Å². The van der Waals surface area contributed by atoms with Crippen LogP contribution in [0.5, 0.6) is 0 Å². The lowest BCUT2D eigenvalue weighted by atomic mass is 9.83. The van der Waals surface area contributed by atoms with Gasteiger partial charge in [-0.1, -0.05) is 116 Å². The fraction of sp³-hybridized carbons (Fsp3) is 0.308. The Morgan fingerprint density at radius 2 is 1.40 bits per heavy atom. The number of ketones is 1. The summed E-state index contributed by atoms with van der Waals surface area (Å²) in [5.41, 5.74) is 8.55. The summed E-state index contributed by atoms with van der Waals surface area (Å²) in [6.45, 7) is 5.97. The Balaban J connectivity index is 1.63. The molecule has 0 aliphatic rings. The van der Waals surface area contributed by atoms with E-state index in [1.54, 1.807) is 26.1 Å². The lowest BCUT2D eigenvalue weighted by Crippen LogP contribution is -2.51. The molecule has 4 aromatic rings. The summed E-state index contributed by atoms with van der Waals surface area (Å²) in [4.78, 5) is 43.2. The zero-order chi connectivity index (χ0) is 32.4. The molecule has 0 saturated carbocycles. The first-order valence-corrected chi connectivity index (χ1v) is 15.6. The van der Waals surface area contributed by atoms with Crippen molar-refractivity contribution in [3.8, 4) is 0 Å². The Bertz CT molecular complexity index is 1610. The highest BCUT2D eigenvalue weighted by atomic mass is 16.2. The van der Waals surface area contributed by atoms with Crippen LogP contribution < -0.4 is 11.1 Å². The minimum atomic E-state index is -0.765. The smallest absolute Gasteiger partial charge is 0.243 e. The van der Waals surface area contributed by atoms with Crippen LogP contribution in [0.25, 0.3) is 10.8 Å². The molecule has 3 atom stereocenters. The average Bonchev–Trinajstić information content (AvgIpc) is 3.04. The summed E-state index contributed by atoms with van der Waals surface area (Å²) in [6, 6.07) is 32.8. The summed E-state index contributed by atoms with van der Waals surface area (Å²) >= 11 is 0. The third-order valence-corrected chi connectivity index (χ3v) is 8.26. The van der Waals surface area contributed by atoms with Crippen LogP contribution in [0.2, 0.25) is 0 Å². The number of nitrogens with two attached hydrogens (primary N) is 1. The van der Waals surface area contributed by atoms with Gasteiger partial charge in [0.1, 0.15) is 6.04 Å². The van der Waals surface area contributed by atoms with Gasteiger partial charge in [-0.05, 0) is 60.2 Å². The van der Waals surface area contributed by atoms with Crippen molar-refractivity contribution >= 4 is 28.4 Å². The molecule has 0 fully saturated rings. The molecule has 234 valence electrons. The maximum atomic E-state index is 14.5. The molecule has 0 heterocycles. The van der Waals surface area contributed by atoms with Crippen LogP contribution in [0.15, 0.2) is 115 Å². The Morgan fingerprint density at radius 3 is 2.04 bits per heavy atom. The minimum Gasteiger partial charge on any atom is -0.350 e. The van der Waals surface area contributed by atoms with E-state index in [-0.39, 0.29) is 17.6 Å². The molecule has 0 spiro atoms. The number of nitrogens with zero attached hydrogens (tertiary/aromatic N) is 1. The molecule has 45 heavy (non-hydrogen) atoms. The van der Waals surface area contributed by atoms with Crippen LogP contribution in [0.1, 0.15) is 43.9 Å². The Morgan fingerprint density at radius 1 is 0.800 bits per heavy atom. The fourth-order valence-corrected chi connectivity index (χ4v) is 5.49. The summed E-state index contributed by atoms with van der Waals surface area (Å²) in [5.74, 6) is -1.92. The van der Waals surface area contributed by atoms with Crippen molar-refractivity contribution < 1.29 is 14.4 Å². The van der Waals surface area contributed by atoms with E-state index in [2.05, 4.69) is 11.4 Å². The van der Waals surface area contributed by atoms with Crippen molar-refractivity contribution in [2.45, 2.75) is 58.2 Å². The SMILES string of the molecule is CC(C(=O)C=CCC(C)(C)N)[C@H](Cc1ccc2ccccc2c1)C(=O)N(C)[C@H](Cc1ccccc1)C(=O)NCc1ccccc1. The zero-order valence-electron chi connectivity index (χ0n) is 26.8. The first-order chi connectivity index (χ1) is 21.5. The first-order valence-electron chi connectivity index (χ1n) is 15.6. The monoisotopic (exact) mass is 603 g/mol. The van der Waals surface area contributed by atoms with Gasteiger partial charge < -0.3 is 16.0 Å². The second kappa shape index (κ2) is 15.4. The maximum Gasteiger partial charge on any atom is 0.243 e. The summed E-state index contributed by atoms with van der Waals surface area (Å²) in [7, 11) is 1.68. The van der Waals surface area contributed by atoms with E-state index < -0.39 is 23.4 Å². The van der Waals surface area contributed by atoms with Crippen LogP contribution in [-0.2, 0) is 33.8 Å². The third-order valence-electron chi connectivity index (χ3n) is 8.26. The number of hydrogen-bond donors (Lipinski definition) is 2. The molecule has 0 aliphatic heterocycles. The number of likely N-dealkylation sites (N-methyl/N-ethyl adjacent to an activating group) is 1. The van der Waals surface area contributed by atoms with Crippen LogP contribution >= 0.6 is 0 Å². The molecule has 0 aliphatic carbocycles. The standard InChI is InChI=1S/C39H45N3O3/c1-28(36(43)20-13-23-39(2,3)40)34(25-31-21-22-32-18-11-12-19-33(32)24-31)38(45)42(4)35(26-29-14-7-5-8-15-29)37(44)41-27-30-16-9-6-10-17-30/h5-22,24,28,34-35H,23,25-27,40H2,1-4H3,(H,41,44)/t28?,34-,35+/m0/s1. The molecular weight excluding hydrogens is 558 g/mol. The number of carbonyl (C=O) groups is 3. The molecule has 0 radical (unpaired) electrons. The van der Waals surface area contributed by atoms with E-state index in [1.807, 2.05) is 111 Å². The molecule has 0 aromatic heterocycles. The van der Waals surface area contributed by atoms with Gasteiger partial charge in [0.05, 0.1) is 5.92 Å². The van der Waals surface area contributed by atoms with Crippen LogP contribution in [0.3, 0.4) is 0 Å². The lowest BCUT2D eigenvalue weighted by molar-refractivity contribution is -0.144.